The molecule has 1 aliphatic rings. The number of piperazine rings is 1. The average Bonchev–Trinajstić information content (AvgIpc) is 3.37. The Morgan fingerprint density at radius 1 is 1.03 bits per heavy atom. The highest BCUT2D eigenvalue weighted by Crippen LogP contribution is 2.37. The van der Waals surface area contributed by atoms with E-state index in [4.69, 9.17) is 23.2 Å². The Balaban J connectivity index is 1.36. The monoisotopic (exact) mass is 512 g/mol. The Bertz CT molecular complexity index is 1430. The molecule has 0 N–H and O–H groups in total. The maximum atomic E-state index is 13.2. The number of thiophene rings is 1. The highest BCUT2D eigenvalue weighted by Gasteiger charge is 2.33. The Morgan fingerprint density at radius 2 is 1.81 bits per heavy atom. The zero-order valence-corrected chi connectivity index (χ0v) is 19.7. The largest absolute Gasteiger partial charge is 0.335 e. The third kappa shape index (κ3) is 3.61. The van der Waals surface area contributed by atoms with E-state index in [-0.39, 0.29) is 37.0 Å². The Hall–Kier alpha value is -1.82. The number of amides is 1. The van der Waals surface area contributed by atoms with Crippen molar-refractivity contribution in [2.45, 2.75) is 4.90 Å². The fourth-order valence-corrected chi connectivity index (χ4v) is 7.51. The van der Waals surface area contributed by atoms with Crippen LogP contribution in [0.5, 0.6) is 0 Å². The molecule has 0 bridgehead atoms. The first-order valence-electron chi connectivity index (χ1n) is 9.24. The van der Waals surface area contributed by atoms with Gasteiger partial charge in [-0.05, 0) is 24.3 Å². The summed E-state index contributed by atoms with van der Waals surface area (Å²) in [5.41, 5.74) is 0.932. The second-order valence-electron chi connectivity index (χ2n) is 6.97. The summed E-state index contributed by atoms with van der Waals surface area (Å²) in [6.45, 7) is 0.927. The van der Waals surface area contributed by atoms with E-state index in [1.807, 2.05) is 0 Å². The molecule has 160 valence electrons. The van der Waals surface area contributed by atoms with Gasteiger partial charge in [-0.1, -0.05) is 35.3 Å². The Morgan fingerprint density at radius 3 is 2.58 bits per heavy atom. The van der Waals surface area contributed by atoms with Crippen LogP contribution in [-0.4, -0.2) is 58.5 Å². The number of aromatic nitrogens is 2. The third-order valence-corrected chi connectivity index (χ3v) is 9.53. The van der Waals surface area contributed by atoms with Gasteiger partial charge in [0.2, 0.25) is 10.0 Å². The van der Waals surface area contributed by atoms with Crippen molar-refractivity contribution in [3.05, 3.63) is 51.3 Å². The standard InChI is InChI=1S/C19H14Cl2N4O3S3/c20-11-4-5-12-14(10-11)29-18(16(12)21)19(26)24-6-8-25(9-7-24)31(27,28)15-3-1-2-13-17(15)23-30-22-13/h1-5,10H,6-9H2. The fraction of sp³-hybridized carbons (Fsp3) is 0.211. The van der Waals surface area contributed by atoms with Gasteiger partial charge in [0.15, 0.2) is 0 Å². The molecule has 2 aromatic heterocycles. The van der Waals surface area contributed by atoms with Gasteiger partial charge in [0, 0.05) is 41.3 Å². The van der Waals surface area contributed by atoms with Crippen LogP contribution in [0.3, 0.4) is 0 Å². The number of carbonyl (C=O) groups excluding carboxylic acids is 1. The number of nitrogens with zero attached hydrogens (tertiary/aromatic N) is 4. The summed E-state index contributed by atoms with van der Waals surface area (Å²) in [4.78, 5) is 15.3. The minimum atomic E-state index is -3.74. The van der Waals surface area contributed by atoms with Crippen molar-refractivity contribution in [1.29, 1.82) is 0 Å². The van der Waals surface area contributed by atoms with Crippen molar-refractivity contribution < 1.29 is 13.2 Å². The highest BCUT2D eigenvalue weighted by atomic mass is 35.5. The van der Waals surface area contributed by atoms with Crippen LogP contribution in [0.4, 0.5) is 0 Å². The molecule has 1 saturated heterocycles. The number of sulfonamides is 1. The van der Waals surface area contributed by atoms with E-state index in [9.17, 15) is 13.2 Å². The van der Waals surface area contributed by atoms with Gasteiger partial charge in [0.1, 0.15) is 20.8 Å². The highest BCUT2D eigenvalue weighted by molar-refractivity contribution is 7.89. The topological polar surface area (TPSA) is 83.5 Å². The number of fused-ring (bicyclic) bond motifs is 2. The van der Waals surface area contributed by atoms with Crippen LogP contribution in [0.1, 0.15) is 9.67 Å². The average molecular weight is 513 g/mol. The fourth-order valence-electron chi connectivity index (χ4n) is 3.58. The summed E-state index contributed by atoms with van der Waals surface area (Å²) < 4.78 is 36.8. The van der Waals surface area contributed by atoms with Gasteiger partial charge >= 0.3 is 0 Å². The van der Waals surface area contributed by atoms with E-state index >= 15 is 0 Å². The molecule has 0 spiro atoms. The first kappa shape index (κ1) is 21.0. The van der Waals surface area contributed by atoms with E-state index in [1.165, 1.54) is 15.6 Å². The zero-order chi connectivity index (χ0) is 21.8. The second kappa shape index (κ2) is 7.95. The molecule has 0 aliphatic carbocycles. The quantitative estimate of drug-likeness (QED) is 0.407. The van der Waals surface area contributed by atoms with Crippen molar-refractivity contribution in [1.82, 2.24) is 18.0 Å². The van der Waals surface area contributed by atoms with E-state index in [0.29, 0.717) is 26.0 Å². The van der Waals surface area contributed by atoms with Gasteiger partial charge in [-0.25, -0.2) is 8.42 Å². The SMILES string of the molecule is O=C(c1sc2cc(Cl)ccc2c1Cl)N1CCN(S(=O)(=O)c2cccc3nsnc23)CC1. The molecule has 2 aromatic carbocycles. The Kier molecular flexibility index (Phi) is 5.40. The van der Waals surface area contributed by atoms with Crippen molar-refractivity contribution in [2.24, 2.45) is 0 Å². The number of halogens is 2. The number of hydrogen-bond donors (Lipinski definition) is 0. The summed E-state index contributed by atoms with van der Waals surface area (Å²) in [7, 11) is -3.74. The molecule has 1 amide bonds. The predicted molar refractivity (Wildman–Crippen MR) is 124 cm³/mol. The summed E-state index contributed by atoms with van der Waals surface area (Å²) >= 11 is 14.8. The first-order chi connectivity index (χ1) is 14.9. The molecule has 0 atom stereocenters. The molecule has 3 heterocycles. The van der Waals surface area contributed by atoms with Crippen molar-refractivity contribution >= 4 is 83.3 Å². The summed E-state index contributed by atoms with van der Waals surface area (Å²) in [5, 5.41) is 1.76. The van der Waals surface area contributed by atoms with Crippen molar-refractivity contribution in [3.8, 4) is 0 Å². The lowest BCUT2D eigenvalue weighted by atomic mass is 10.2. The molecule has 1 fully saturated rings. The van der Waals surface area contributed by atoms with Gasteiger partial charge in [0.05, 0.1) is 16.8 Å². The van der Waals surface area contributed by atoms with E-state index in [1.54, 1.807) is 41.3 Å². The van der Waals surface area contributed by atoms with Crippen LogP contribution in [0.2, 0.25) is 10.0 Å². The molecule has 7 nitrogen and oxygen atoms in total. The second-order valence-corrected chi connectivity index (χ2v) is 11.3. The molecule has 12 heteroatoms. The maximum absolute atomic E-state index is 13.2. The molecule has 4 aromatic rings. The smallest absolute Gasteiger partial charge is 0.265 e. The number of carbonyl (C=O) groups is 1. The van der Waals surface area contributed by atoms with Crippen LogP contribution in [0, 0.1) is 0 Å². The van der Waals surface area contributed by atoms with Gasteiger partial charge in [-0.2, -0.15) is 13.1 Å². The molecule has 0 saturated carbocycles. The lowest BCUT2D eigenvalue weighted by Gasteiger charge is -2.33. The first-order valence-corrected chi connectivity index (χ1v) is 13.0. The molecule has 31 heavy (non-hydrogen) atoms. The molecule has 5 rings (SSSR count). The Labute approximate surface area is 196 Å². The molecular weight excluding hydrogens is 499 g/mol. The normalized spacial score (nSPS) is 15.7. The van der Waals surface area contributed by atoms with Crippen LogP contribution in [0.15, 0.2) is 41.3 Å². The molecule has 0 radical (unpaired) electrons. The number of benzene rings is 2. The predicted octanol–water partition coefficient (Wildman–Crippen LogP) is 4.36. The lowest BCUT2D eigenvalue weighted by molar-refractivity contribution is 0.0703. The zero-order valence-electron chi connectivity index (χ0n) is 15.8. The van der Waals surface area contributed by atoms with Crippen LogP contribution >= 0.6 is 46.3 Å². The van der Waals surface area contributed by atoms with Gasteiger partial charge in [0.25, 0.3) is 5.91 Å². The summed E-state index contributed by atoms with van der Waals surface area (Å²) in [5.74, 6) is -0.204. The van der Waals surface area contributed by atoms with Gasteiger partial charge in [-0.3, -0.25) is 4.79 Å². The van der Waals surface area contributed by atoms with Crippen LogP contribution < -0.4 is 0 Å². The van der Waals surface area contributed by atoms with Crippen LogP contribution in [-0.2, 0) is 10.0 Å². The van der Waals surface area contributed by atoms with Crippen molar-refractivity contribution in [2.75, 3.05) is 26.2 Å². The van der Waals surface area contributed by atoms with Gasteiger partial charge in [-0.15, -0.1) is 11.3 Å². The van der Waals surface area contributed by atoms with E-state index in [0.717, 1.165) is 21.8 Å². The summed E-state index contributed by atoms with van der Waals surface area (Å²) in [6, 6.07) is 10.2. The molecular formula is C19H14Cl2N4O3S3. The van der Waals surface area contributed by atoms with Crippen LogP contribution in [0.25, 0.3) is 21.1 Å². The molecule has 0 unspecified atom stereocenters. The molecule has 1 aliphatic heterocycles. The van der Waals surface area contributed by atoms with Gasteiger partial charge < -0.3 is 4.90 Å². The van der Waals surface area contributed by atoms with E-state index < -0.39 is 10.0 Å². The maximum Gasteiger partial charge on any atom is 0.265 e. The van der Waals surface area contributed by atoms with Crippen molar-refractivity contribution in [3.63, 3.8) is 0 Å². The third-order valence-electron chi connectivity index (χ3n) is 5.18. The van der Waals surface area contributed by atoms with E-state index in [2.05, 4.69) is 8.75 Å². The minimum absolute atomic E-state index is 0.142. The summed E-state index contributed by atoms with van der Waals surface area (Å²) in [6.07, 6.45) is 0. The minimum Gasteiger partial charge on any atom is -0.335 e. The number of hydrogen-bond acceptors (Lipinski definition) is 7. The lowest BCUT2D eigenvalue weighted by Crippen LogP contribution is -2.50. The number of rotatable bonds is 3.